The summed E-state index contributed by atoms with van der Waals surface area (Å²) in [5.74, 6) is -0.675. The number of hydrogen-bond donors (Lipinski definition) is 1. The summed E-state index contributed by atoms with van der Waals surface area (Å²) >= 11 is 0. The van der Waals surface area contributed by atoms with Gasteiger partial charge in [0, 0.05) is 7.11 Å². The topological polar surface area (TPSA) is 49.8 Å². The van der Waals surface area contributed by atoms with E-state index in [1.807, 2.05) is 6.92 Å². The van der Waals surface area contributed by atoms with Crippen molar-refractivity contribution in [2.75, 3.05) is 26.8 Å². The van der Waals surface area contributed by atoms with Crippen molar-refractivity contribution in [3.8, 4) is 0 Å². The lowest BCUT2D eigenvalue weighted by Gasteiger charge is -2.61. The summed E-state index contributed by atoms with van der Waals surface area (Å²) in [6.07, 6.45) is 5.34. The second-order valence-electron chi connectivity index (χ2n) is 5.65. The summed E-state index contributed by atoms with van der Waals surface area (Å²) in [5.41, 5.74) is -0.908. The van der Waals surface area contributed by atoms with Gasteiger partial charge >= 0.3 is 5.97 Å². The van der Waals surface area contributed by atoms with Crippen LogP contribution in [0.15, 0.2) is 0 Å². The van der Waals surface area contributed by atoms with Crippen molar-refractivity contribution < 1.29 is 14.6 Å². The Balaban J connectivity index is 2.23. The lowest BCUT2D eigenvalue weighted by molar-refractivity contribution is -0.189. The molecule has 0 radical (unpaired) electrons. The minimum absolute atomic E-state index is 0.270. The molecule has 4 nitrogen and oxygen atoms in total. The molecule has 2 aliphatic rings. The SMILES string of the molecule is COCC1(N2CCCCC2)CCC1(C)C(=O)O. The van der Waals surface area contributed by atoms with Crippen LogP contribution in [0.1, 0.15) is 39.0 Å². The van der Waals surface area contributed by atoms with Crippen LogP contribution in [0.25, 0.3) is 0 Å². The fourth-order valence-electron chi connectivity index (χ4n) is 3.49. The van der Waals surface area contributed by atoms with Gasteiger partial charge < -0.3 is 9.84 Å². The maximum absolute atomic E-state index is 11.6. The molecule has 0 bridgehead atoms. The number of rotatable bonds is 4. The molecule has 1 saturated heterocycles. The third-order valence-corrected chi connectivity index (χ3v) is 4.88. The number of carbonyl (C=O) groups is 1. The maximum Gasteiger partial charge on any atom is 0.311 e. The van der Waals surface area contributed by atoms with Crippen LogP contribution in [0.4, 0.5) is 0 Å². The second-order valence-corrected chi connectivity index (χ2v) is 5.65. The standard InChI is InChI=1S/C13H23NO3/c1-12(11(15)16)6-7-13(12,10-17-2)14-8-4-3-5-9-14/h3-10H2,1-2H3,(H,15,16). The molecule has 1 aliphatic carbocycles. The van der Waals surface area contributed by atoms with Crippen molar-refractivity contribution in [1.82, 2.24) is 4.90 Å². The summed E-state index contributed by atoms with van der Waals surface area (Å²) in [5, 5.41) is 9.50. The molecule has 2 unspecified atom stereocenters. The average molecular weight is 241 g/mol. The number of nitrogens with zero attached hydrogens (tertiary/aromatic N) is 1. The predicted molar refractivity (Wildman–Crippen MR) is 65.0 cm³/mol. The molecule has 1 N–H and O–H groups in total. The normalized spacial score (nSPS) is 38.7. The minimum atomic E-state index is -0.675. The molecule has 2 fully saturated rings. The molecule has 1 heterocycles. The van der Waals surface area contributed by atoms with Crippen LogP contribution >= 0.6 is 0 Å². The van der Waals surface area contributed by atoms with Crippen LogP contribution < -0.4 is 0 Å². The zero-order valence-electron chi connectivity index (χ0n) is 10.9. The third kappa shape index (κ3) is 1.78. The van der Waals surface area contributed by atoms with E-state index in [1.165, 1.54) is 19.3 Å². The van der Waals surface area contributed by atoms with E-state index in [2.05, 4.69) is 4.90 Å². The Bertz CT molecular complexity index is 301. The van der Waals surface area contributed by atoms with Gasteiger partial charge in [-0.2, -0.15) is 0 Å². The molecule has 4 heteroatoms. The third-order valence-electron chi connectivity index (χ3n) is 4.88. The van der Waals surface area contributed by atoms with Gasteiger partial charge in [0.1, 0.15) is 0 Å². The fraction of sp³-hybridized carbons (Fsp3) is 0.923. The first-order chi connectivity index (χ1) is 8.07. The second kappa shape index (κ2) is 4.58. The first-order valence-corrected chi connectivity index (χ1v) is 6.54. The monoisotopic (exact) mass is 241 g/mol. The van der Waals surface area contributed by atoms with Crippen LogP contribution in [0.3, 0.4) is 0 Å². The highest BCUT2D eigenvalue weighted by Crippen LogP contribution is 2.54. The molecule has 1 saturated carbocycles. The largest absolute Gasteiger partial charge is 0.481 e. The van der Waals surface area contributed by atoms with Crippen LogP contribution in [0, 0.1) is 5.41 Å². The molecule has 0 spiro atoms. The number of hydrogen-bond acceptors (Lipinski definition) is 3. The number of carboxylic acids is 1. The Morgan fingerprint density at radius 2 is 1.94 bits per heavy atom. The maximum atomic E-state index is 11.6. The van der Waals surface area contributed by atoms with Gasteiger partial charge in [-0.1, -0.05) is 6.42 Å². The van der Waals surface area contributed by atoms with Crippen molar-refractivity contribution in [1.29, 1.82) is 0 Å². The molecule has 2 rings (SSSR count). The predicted octanol–water partition coefficient (Wildman–Crippen LogP) is 1.74. The van der Waals surface area contributed by atoms with Crippen LogP contribution in [0.5, 0.6) is 0 Å². The highest BCUT2D eigenvalue weighted by atomic mass is 16.5. The van der Waals surface area contributed by atoms with Gasteiger partial charge in [-0.15, -0.1) is 0 Å². The Labute approximate surface area is 103 Å². The number of piperidine rings is 1. The number of carboxylic acid groups (broad SMARTS) is 1. The molecule has 0 aromatic rings. The van der Waals surface area contributed by atoms with Gasteiger partial charge in [0.15, 0.2) is 0 Å². The van der Waals surface area contributed by atoms with Crippen molar-refractivity contribution in [3.05, 3.63) is 0 Å². The van der Waals surface area contributed by atoms with E-state index in [1.54, 1.807) is 7.11 Å². The number of likely N-dealkylation sites (tertiary alicyclic amines) is 1. The van der Waals surface area contributed by atoms with Crippen LogP contribution in [-0.2, 0) is 9.53 Å². The van der Waals surface area contributed by atoms with E-state index in [9.17, 15) is 9.90 Å². The van der Waals surface area contributed by atoms with E-state index in [4.69, 9.17) is 4.74 Å². The summed E-state index contributed by atoms with van der Waals surface area (Å²) < 4.78 is 5.34. The molecule has 98 valence electrons. The van der Waals surface area contributed by atoms with Crippen molar-refractivity contribution in [2.45, 2.75) is 44.6 Å². The molecular weight excluding hydrogens is 218 g/mol. The molecular formula is C13H23NO3. The zero-order valence-corrected chi connectivity index (χ0v) is 10.9. The number of methoxy groups -OCH3 is 1. The van der Waals surface area contributed by atoms with Gasteiger partial charge in [-0.05, 0) is 45.7 Å². The Kier molecular flexibility index (Phi) is 3.46. The lowest BCUT2D eigenvalue weighted by atomic mass is 9.54. The quantitative estimate of drug-likeness (QED) is 0.814. The van der Waals surface area contributed by atoms with Crippen LogP contribution in [-0.4, -0.2) is 48.3 Å². The van der Waals surface area contributed by atoms with Gasteiger partial charge in [0.05, 0.1) is 17.6 Å². The molecule has 0 aromatic carbocycles. The van der Waals surface area contributed by atoms with E-state index < -0.39 is 11.4 Å². The summed E-state index contributed by atoms with van der Waals surface area (Å²) in [6, 6.07) is 0. The first-order valence-electron chi connectivity index (χ1n) is 6.54. The van der Waals surface area contributed by atoms with Crippen molar-refractivity contribution >= 4 is 5.97 Å². The summed E-state index contributed by atoms with van der Waals surface area (Å²) in [7, 11) is 1.67. The van der Waals surface area contributed by atoms with Gasteiger partial charge in [-0.3, -0.25) is 9.69 Å². The summed E-state index contributed by atoms with van der Waals surface area (Å²) in [4.78, 5) is 13.9. The smallest absolute Gasteiger partial charge is 0.311 e. The Morgan fingerprint density at radius 1 is 1.29 bits per heavy atom. The van der Waals surface area contributed by atoms with Gasteiger partial charge in [0.2, 0.25) is 0 Å². The molecule has 0 amide bonds. The van der Waals surface area contributed by atoms with E-state index >= 15 is 0 Å². The minimum Gasteiger partial charge on any atom is -0.481 e. The first kappa shape index (κ1) is 12.8. The van der Waals surface area contributed by atoms with Crippen LogP contribution in [0.2, 0.25) is 0 Å². The number of ether oxygens (including phenoxy) is 1. The van der Waals surface area contributed by atoms with Crippen molar-refractivity contribution in [2.24, 2.45) is 5.41 Å². The Hall–Kier alpha value is -0.610. The lowest BCUT2D eigenvalue weighted by Crippen LogP contribution is -2.71. The molecule has 1 aliphatic heterocycles. The van der Waals surface area contributed by atoms with Gasteiger partial charge in [-0.25, -0.2) is 0 Å². The van der Waals surface area contributed by atoms with Crippen molar-refractivity contribution in [3.63, 3.8) is 0 Å². The number of aliphatic carboxylic acids is 1. The fourth-order valence-corrected chi connectivity index (χ4v) is 3.49. The molecule has 2 atom stereocenters. The Morgan fingerprint density at radius 3 is 2.35 bits per heavy atom. The van der Waals surface area contributed by atoms with Gasteiger partial charge in [0.25, 0.3) is 0 Å². The van der Waals surface area contributed by atoms with E-state index in [0.717, 1.165) is 25.9 Å². The molecule has 17 heavy (non-hydrogen) atoms. The highest BCUT2D eigenvalue weighted by Gasteiger charge is 2.63. The van der Waals surface area contributed by atoms with E-state index in [-0.39, 0.29) is 5.54 Å². The highest BCUT2D eigenvalue weighted by molar-refractivity contribution is 5.78. The average Bonchev–Trinajstić information content (AvgIpc) is 2.34. The summed E-state index contributed by atoms with van der Waals surface area (Å²) in [6.45, 7) is 4.46. The zero-order chi connectivity index (χ0) is 12.5. The molecule has 0 aromatic heterocycles. The van der Waals surface area contributed by atoms with E-state index in [0.29, 0.717) is 6.61 Å².